The van der Waals surface area contributed by atoms with Crippen molar-refractivity contribution in [2.24, 2.45) is 0 Å². The molecule has 0 heterocycles. The Bertz CT molecular complexity index is 441. The first-order valence-corrected chi connectivity index (χ1v) is 5.23. The molecule has 92 valence electrons. The maximum atomic E-state index is 11.8. The second-order valence-electron chi connectivity index (χ2n) is 4.01. The molecule has 0 fully saturated rings. The number of amides is 1. The van der Waals surface area contributed by atoms with Crippen molar-refractivity contribution in [3.05, 3.63) is 29.3 Å². The van der Waals surface area contributed by atoms with Gasteiger partial charge < -0.3 is 15.7 Å². The lowest BCUT2D eigenvalue weighted by Crippen LogP contribution is -2.23. The van der Waals surface area contributed by atoms with Gasteiger partial charge in [0.15, 0.2) is 0 Å². The van der Waals surface area contributed by atoms with Crippen LogP contribution in [-0.4, -0.2) is 36.0 Å². The molecule has 3 N–H and O–H groups in total. The Morgan fingerprint density at radius 2 is 2.00 bits per heavy atom. The molecule has 0 spiro atoms. The van der Waals surface area contributed by atoms with Crippen molar-refractivity contribution in [1.29, 1.82) is 0 Å². The van der Waals surface area contributed by atoms with Gasteiger partial charge in [-0.1, -0.05) is 6.07 Å². The Kier molecular flexibility index (Phi) is 4.09. The summed E-state index contributed by atoms with van der Waals surface area (Å²) in [5, 5.41) is 8.60. The number of hydrogen-bond acceptors (Lipinski definition) is 3. The highest BCUT2D eigenvalue weighted by molar-refractivity contribution is 5.99. The summed E-state index contributed by atoms with van der Waals surface area (Å²) in [6, 6.07) is 5.03. The summed E-state index contributed by atoms with van der Waals surface area (Å²) in [6.07, 6.45) is 0.433. The third kappa shape index (κ3) is 3.48. The van der Waals surface area contributed by atoms with Crippen LogP contribution in [0.15, 0.2) is 18.2 Å². The first-order valence-electron chi connectivity index (χ1n) is 5.23. The standard InChI is InChI=1S/C12H16N2O3/c1-14(2)12(17)9-7-8(3-5-10(9)13)4-6-11(15)16/h3,5,7H,4,6,13H2,1-2H3,(H,15,16). The van der Waals surface area contributed by atoms with Gasteiger partial charge in [0.05, 0.1) is 5.56 Å². The Morgan fingerprint density at radius 1 is 1.35 bits per heavy atom. The smallest absolute Gasteiger partial charge is 0.303 e. The van der Waals surface area contributed by atoms with E-state index in [0.717, 1.165) is 5.56 Å². The molecule has 0 saturated carbocycles. The second-order valence-corrected chi connectivity index (χ2v) is 4.01. The highest BCUT2D eigenvalue weighted by Crippen LogP contribution is 2.16. The topological polar surface area (TPSA) is 83.6 Å². The molecule has 0 unspecified atom stereocenters. The van der Waals surface area contributed by atoms with E-state index in [9.17, 15) is 9.59 Å². The molecular formula is C12H16N2O3. The summed E-state index contributed by atoms with van der Waals surface area (Å²) in [7, 11) is 3.29. The molecule has 1 rings (SSSR count). The van der Waals surface area contributed by atoms with Crippen LogP contribution in [0.2, 0.25) is 0 Å². The van der Waals surface area contributed by atoms with Gasteiger partial charge in [-0.05, 0) is 24.1 Å². The van der Waals surface area contributed by atoms with E-state index in [2.05, 4.69) is 0 Å². The molecule has 0 saturated heterocycles. The van der Waals surface area contributed by atoms with Crippen molar-refractivity contribution in [1.82, 2.24) is 4.90 Å². The Balaban J connectivity index is 2.94. The molecule has 17 heavy (non-hydrogen) atoms. The first-order chi connectivity index (χ1) is 7.91. The van der Waals surface area contributed by atoms with Crippen LogP contribution in [0.3, 0.4) is 0 Å². The van der Waals surface area contributed by atoms with Crippen LogP contribution in [0.4, 0.5) is 5.69 Å². The van der Waals surface area contributed by atoms with Crippen molar-refractivity contribution in [2.75, 3.05) is 19.8 Å². The van der Waals surface area contributed by atoms with E-state index in [1.54, 1.807) is 32.3 Å². The number of benzene rings is 1. The fourth-order valence-electron chi connectivity index (χ4n) is 1.44. The van der Waals surface area contributed by atoms with Crippen LogP contribution in [-0.2, 0) is 11.2 Å². The number of anilines is 1. The van der Waals surface area contributed by atoms with Crippen LogP contribution in [0.25, 0.3) is 0 Å². The third-order valence-electron chi connectivity index (χ3n) is 2.38. The predicted molar refractivity (Wildman–Crippen MR) is 64.8 cm³/mol. The van der Waals surface area contributed by atoms with E-state index in [1.807, 2.05) is 0 Å². The number of nitrogens with zero attached hydrogens (tertiary/aromatic N) is 1. The van der Waals surface area contributed by atoms with E-state index < -0.39 is 5.97 Å². The van der Waals surface area contributed by atoms with Crippen LogP contribution >= 0.6 is 0 Å². The van der Waals surface area contributed by atoms with Gasteiger partial charge in [0.2, 0.25) is 0 Å². The van der Waals surface area contributed by atoms with Gasteiger partial charge in [0.25, 0.3) is 5.91 Å². The van der Waals surface area contributed by atoms with Gasteiger partial charge in [0.1, 0.15) is 0 Å². The summed E-state index contributed by atoms with van der Waals surface area (Å²) in [5.74, 6) is -1.04. The zero-order valence-corrected chi connectivity index (χ0v) is 9.93. The number of nitrogen functional groups attached to an aromatic ring is 1. The van der Waals surface area contributed by atoms with Crippen molar-refractivity contribution < 1.29 is 14.7 Å². The van der Waals surface area contributed by atoms with Crippen LogP contribution in [0.5, 0.6) is 0 Å². The largest absolute Gasteiger partial charge is 0.481 e. The molecule has 0 aliphatic rings. The summed E-state index contributed by atoms with van der Waals surface area (Å²) in [6.45, 7) is 0. The minimum atomic E-state index is -0.859. The number of rotatable bonds is 4. The minimum Gasteiger partial charge on any atom is -0.481 e. The molecule has 1 aromatic carbocycles. The van der Waals surface area contributed by atoms with Crippen molar-refractivity contribution in [2.45, 2.75) is 12.8 Å². The number of carbonyl (C=O) groups is 2. The number of aliphatic carboxylic acids is 1. The summed E-state index contributed by atoms with van der Waals surface area (Å²) in [5.41, 5.74) is 7.34. The van der Waals surface area contributed by atoms with Gasteiger partial charge in [-0.25, -0.2) is 0 Å². The lowest BCUT2D eigenvalue weighted by Gasteiger charge is -2.13. The number of nitrogens with two attached hydrogens (primary N) is 1. The van der Waals surface area contributed by atoms with E-state index in [1.165, 1.54) is 4.90 Å². The van der Waals surface area contributed by atoms with Gasteiger partial charge in [0, 0.05) is 26.2 Å². The second kappa shape index (κ2) is 5.34. The van der Waals surface area contributed by atoms with E-state index in [0.29, 0.717) is 17.7 Å². The van der Waals surface area contributed by atoms with Gasteiger partial charge in [-0.2, -0.15) is 0 Å². The molecule has 0 atom stereocenters. The van der Waals surface area contributed by atoms with Gasteiger partial charge in [-0.3, -0.25) is 9.59 Å². The molecule has 0 aliphatic heterocycles. The zero-order valence-electron chi connectivity index (χ0n) is 9.93. The molecule has 5 nitrogen and oxygen atoms in total. The maximum Gasteiger partial charge on any atom is 0.303 e. The van der Waals surface area contributed by atoms with Crippen molar-refractivity contribution in [3.63, 3.8) is 0 Å². The highest BCUT2D eigenvalue weighted by atomic mass is 16.4. The van der Waals surface area contributed by atoms with E-state index in [-0.39, 0.29) is 12.3 Å². The fraction of sp³-hybridized carbons (Fsp3) is 0.333. The Labute approximate surface area is 99.8 Å². The normalized spacial score (nSPS) is 10.0. The molecule has 0 bridgehead atoms. The van der Waals surface area contributed by atoms with Crippen LogP contribution in [0, 0.1) is 0 Å². The number of hydrogen-bond donors (Lipinski definition) is 2. The van der Waals surface area contributed by atoms with Gasteiger partial charge in [-0.15, -0.1) is 0 Å². The van der Waals surface area contributed by atoms with Gasteiger partial charge >= 0.3 is 5.97 Å². The molecule has 5 heteroatoms. The Morgan fingerprint density at radius 3 is 2.53 bits per heavy atom. The third-order valence-corrected chi connectivity index (χ3v) is 2.38. The lowest BCUT2D eigenvalue weighted by molar-refractivity contribution is -0.136. The molecule has 1 aromatic rings. The predicted octanol–water partition coefficient (Wildman–Crippen LogP) is 0.988. The fourth-order valence-corrected chi connectivity index (χ4v) is 1.44. The summed E-state index contributed by atoms with van der Waals surface area (Å²) < 4.78 is 0. The first kappa shape index (κ1) is 13.0. The Hall–Kier alpha value is -2.04. The van der Waals surface area contributed by atoms with E-state index in [4.69, 9.17) is 10.8 Å². The number of carboxylic acids is 1. The maximum absolute atomic E-state index is 11.8. The quantitative estimate of drug-likeness (QED) is 0.763. The lowest BCUT2D eigenvalue weighted by atomic mass is 10.0. The van der Waals surface area contributed by atoms with Crippen molar-refractivity contribution in [3.8, 4) is 0 Å². The molecule has 0 aromatic heterocycles. The highest BCUT2D eigenvalue weighted by Gasteiger charge is 2.12. The van der Waals surface area contributed by atoms with Crippen molar-refractivity contribution >= 4 is 17.6 Å². The molecule has 0 radical (unpaired) electrons. The molecule has 1 amide bonds. The average Bonchev–Trinajstić information content (AvgIpc) is 2.26. The van der Waals surface area contributed by atoms with Crippen LogP contribution < -0.4 is 5.73 Å². The summed E-state index contributed by atoms with van der Waals surface area (Å²) >= 11 is 0. The molecular weight excluding hydrogens is 220 g/mol. The zero-order chi connectivity index (χ0) is 13.0. The number of aryl methyl sites for hydroxylation is 1. The van der Waals surface area contributed by atoms with E-state index >= 15 is 0 Å². The monoisotopic (exact) mass is 236 g/mol. The minimum absolute atomic E-state index is 0.0412. The number of carboxylic acid groups (broad SMARTS) is 1. The average molecular weight is 236 g/mol. The molecule has 0 aliphatic carbocycles. The summed E-state index contributed by atoms with van der Waals surface area (Å²) in [4.78, 5) is 23.7. The van der Waals surface area contributed by atoms with Crippen LogP contribution in [0.1, 0.15) is 22.3 Å². The SMILES string of the molecule is CN(C)C(=O)c1cc(CCC(=O)O)ccc1N. The number of carbonyl (C=O) groups excluding carboxylic acids is 1.